The molecule has 2 heterocycles. The molecule has 76 valence electrons. The topological polar surface area (TPSA) is 47.0 Å². The molecule has 0 amide bonds. The first-order chi connectivity index (χ1) is 6.75. The second kappa shape index (κ2) is 4.23. The Hall–Kier alpha value is -0.680. The van der Waals surface area contributed by atoms with Gasteiger partial charge < -0.3 is 10.1 Å². The maximum Gasteiger partial charge on any atom is 0.223 e. The zero-order valence-corrected chi connectivity index (χ0v) is 9.54. The average molecular weight is 258 g/mol. The molecule has 1 aliphatic heterocycles. The number of nitrogens with zero attached hydrogens (tertiary/aromatic N) is 2. The number of halogens is 1. The zero-order chi connectivity index (χ0) is 9.97. The van der Waals surface area contributed by atoms with Gasteiger partial charge in [0.2, 0.25) is 5.95 Å². The number of nitrogens with one attached hydrogen (secondary N) is 1. The van der Waals surface area contributed by atoms with Crippen molar-refractivity contribution in [2.45, 2.75) is 19.4 Å². The third-order valence-corrected chi connectivity index (χ3v) is 2.96. The fourth-order valence-electron chi connectivity index (χ4n) is 1.35. The molecular weight excluding hydrogens is 246 g/mol. The molecule has 4 nitrogen and oxygen atoms in total. The molecular formula is C9H12BrN3O. The molecule has 14 heavy (non-hydrogen) atoms. The summed E-state index contributed by atoms with van der Waals surface area (Å²) < 4.78 is 6.19. The minimum Gasteiger partial charge on any atom is -0.379 e. The van der Waals surface area contributed by atoms with Crippen LogP contribution in [-0.4, -0.2) is 29.2 Å². The number of anilines is 1. The molecule has 5 heteroatoms. The molecule has 0 aliphatic carbocycles. The molecule has 1 N–H and O–H groups in total. The lowest BCUT2D eigenvalue weighted by Gasteiger charge is -2.10. The van der Waals surface area contributed by atoms with E-state index < -0.39 is 0 Å². The van der Waals surface area contributed by atoms with E-state index in [2.05, 4.69) is 31.2 Å². The molecule has 0 bridgehead atoms. The van der Waals surface area contributed by atoms with E-state index in [0.717, 1.165) is 29.8 Å². The summed E-state index contributed by atoms with van der Waals surface area (Å²) in [6, 6.07) is 0.357. The summed E-state index contributed by atoms with van der Waals surface area (Å²) in [6.07, 6.45) is 2.79. The van der Waals surface area contributed by atoms with E-state index in [4.69, 9.17) is 4.74 Å². The highest BCUT2D eigenvalue weighted by molar-refractivity contribution is 9.10. The monoisotopic (exact) mass is 257 g/mol. The van der Waals surface area contributed by atoms with Crippen molar-refractivity contribution in [2.75, 3.05) is 18.5 Å². The number of aryl methyl sites for hydroxylation is 1. The Morgan fingerprint density at radius 2 is 2.50 bits per heavy atom. The van der Waals surface area contributed by atoms with Gasteiger partial charge >= 0.3 is 0 Å². The summed E-state index contributed by atoms with van der Waals surface area (Å²) in [4.78, 5) is 8.49. The van der Waals surface area contributed by atoms with Gasteiger partial charge in [-0.25, -0.2) is 9.97 Å². The van der Waals surface area contributed by atoms with Crippen molar-refractivity contribution in [2.24, 2.45) is 0 Å². The number of hydrogen-bond donors (Lipinski definition) is 1. The van der Waals surface area contributed by atoms with Crippen LogP contribution >= 0.6 is 15.9 Å². The van der Waals surface area contributed by atoms with Crippen molar-refractivity contribution >= 4 is 21.9 Å². The van der Waals surface area contributed by atoms with Gasteiger partial charge in [0.15, 0.2) is 0 Å². The molecule has 0 radical (unpaired) electrons. The Kier molecular flexibility index (Phi) is 2.98. The fourth-order valence-corrected chi connectivity index (χ4v) is 1.54. The number of ether oxygens (including phenoxy) is 1. The smallest absolute Gasteiger partial charge is 0.223 e. The Balaban J connectivity index is 2.05. The van der Waals surface area contributed by atoms with Crippen molar-refractivity contribution in [1.82, 2.24) is 9.97 Å². The van der Waals surface area contributed by atoms with Crippen LogP contribution in [0.4, 0.5) is 5.95 Å². The van der Waals surface area contributed by atoms with Crippen LogP contribution in [0.3, 0.4) is 0 Å². The largest absolute Gasteiger partial charge is 0.379 e. The van der Waals surface area contributed by atoms with Crippen LogP contribution in [0.25, 0.3) is 0 Å². The maximum absolute atomic E-state index is 5.26. The average Bonchev–Trinajstić information content (AvgIpc) is 2.64. The van der Waals surface area contributed by atoms with E-state index in [1.54, 1.807) is 6.20 Å². The molecule has 1 atom stereocenters. The Morgan fingerprint density at radius 1 is 1.64 bits per heavy atom. The third-order valence-electron chi connectivity index (χ3n) is 2.18. The first-order valence-electron chi connectivity index (χ1n) is 4.59. The molecule has 1 unspecified atom stereocenters. The van der Waals surface area contributed by atoms with Crippen molar-refractivity contribution in [1.29, 1.82) is 0 Å². The van der Waals surface area contributed by atoms with Gasteiger partial charge in [-0.3, -0.25) is 0 Å². The molecule has 1 aliphatic rings. The van der Waals surface area contributed by atoms with Crippen molar-refractivity contribution in [3.8, 4) is 0 Å². The molecule has 1 aromatic rings. The summed E-state index contributed by atoms with van der Waals surface area (Å²) >= 11 is 3.36. The van der Waals surface area contributed by atoms with E-state index in [0.29, 0.717) is 12.0 Å². The van der Waals surface area contributed by atoms with Crippen LogP contribution in [-0.2, 0) is 4.74 Å². The van der Waals surface area contributed by atoms with Gasteiger partial charge in [-0.05, 0) is 29.3 Å². The highest BCUT2D eigenvalue weighted by atomic mass is 79.9. The first kappa shape index (κ1) is 9.86. The summed E-state index contributed by atoms with van der Waals surface area (Å²) in [5, 5.41) is 3.24. The van der Waals surface area contributed by atoms with Gasteiger partial charge in [0.25, 0.3) is 0 Å². The predicted molar refractivity (Wildman–Crippen MR) is 57.3 cm³/mol. The third kappa shape index (κ3) is 2.22. The van der Waals surface area contributed by atoms with Gasteiger partial charge in [-0.15, -0.1) is 0 Å². The van der Waals surface area contributed by atoms with Gasteiger partial charge in [0, 0.05) is 12.8 Å². The second-order valence-electron chi connectivity index (χ2n) is 3.33. The van der Waals surface area contributed by atoms with E-state index in [1.807, 2.05) is 6.92 Å². The number of aromatic nitrogens is 2. The summed E-state index contributed by atoms with van der Waals surface area (Å²) in [5.74, 6) is 0.682. The minimum absolute atomic E-state index is 0.357. The lowest BCUT2D eigenvalue weighted by atomic mass is 10.3. The van der Waals surface area contributed by atoms with E-state index in [-0.39, 0.29) is 0 Å². The Morgan fingerprint density at radius 3 is 3.14 bits per heavy atom. The normalized spacial score (nSPS) is 21.1. The number of rotatable bonds is 2. The molecule has 0 saturated carbocycles. The first-order valence-corrected chi connectivity index (χ1v) is 5.38. The summed E-state index contributed by atoms with van der Waals surface area (Å²) in [7, 11) is 0. The fraction of sp³-hybridized carbons (Fsp3) is 0.556. The molecule has 1 fully saturated rings. The highest BCUT2D eigenvalue weighted by Gasteiger charge is 2.16. The van der Waals surface area contributed by atoms with Crippen LogP contribution in [0.2, 0.25) is 0 Å². The predicted octanol–water partition coefficient (Wildman–Crippen LogP) is 1.75. The van der Waals surface area contributed by atoms with Gasteiger partial charge in [0.1, 0.15) is 0 Å². The standard InChI is InChI=1S/C9H12BrN3O/c1-6-8(10)4-11-9(12-6)13-7-2-3-14-5-7/h4,7H,2-3,5H2,1H3,(H,11,12,13). The second-order valence-corrected chi connectivity index (χ2v) is 4.19. The lowest BCUT2D eigenvalue weighted by molar-refractivity contribution is 0.195. The number of hydrogen-bond acceptors (Lipinski definition) is 4. The van der Waals surface area contributed by atoms with Crippen LogP contribution in [0.1, 0.15) is 12.1 Å². The quantitative estimate of drug-likeness (QED) is 0.877. The summed E-state index contributed by atoms with van der Waals surface area (Å²) in [6.45, 7) is 3.52. The van der Waals surface area contributed by atoms with Crippen molar-refractivity contribution < 1.29 is 4.74 Å². The molecule has 0 aromatic carbocycles. The Labute approximate surface area is 91.2 Å². The van der Waals surface area contributed by atoms with Crippen LogP contribution < -0.4 is 5.32 Å². The van der Waals surface area contributed by atoms with Crippen LogP contribution in [0.5, 0.6) is 0 Å². The molecule has 1 saturated heterocycles. The van der Waals surface area contributed by atoms with E-state index in [1.165, 1.54) is 0 Å². The minimum atomic E-state index is 0.357. The van der Waals surface area contributed by atoms with Crippen LogP contribution in [0, 0.1) is 6.92 Å². The van der Waals surface area contributed by atoms with Gasteiger partial charge in [-0.1, -0.05) is 0 Å². The van der Waals surface area contributed by atoms with E-state index >= 15 is 0 Å². The SMILES string of the molecule is Cc1nc(NC2CCOC2)ncc1Br. The van der Waals surface area contributed by atoms with Gasteiger partial charge in [0.05, 0.1) is 22.8 Å². The summed E-state index contributed by atoms with van der Waals surface area (Å²) in [5.41, 5.74) is 0.946. The maximum atomic E-state index is 5.26. The van der Waals surface area contributed by atoms with Gasteiger partial charge in [-0.2, -0.15) is 0 Å². The molecule has 2 rings (SSSR count). The molecule has 1 aromatic heterocycles. The molecule has 0 spiro atoms. The Bertz CT molecular complexity index is 326. The van der Waals surface area contributed by atoms with E-state index in [9.17, 15) is 0 Å². The highest BCUT2D eigenvalue weighted by Crippen LogP contribution is 2.15. The lowest BCUT2D eigenvalue weighted by Crippen LogP contribution is -2.20. The van der Waals surface area contributed by atoms with Crippen molar-refractivity contribution in [3.63, 3.8) is 0 Å². The van der Waals surface area contributed by atoms with Crippen LogP contribution in [0.15, 0.2) is 10.7 Å². The van der Waals surface area contributed by atoms with Crippen molar-refractivity contribution in [3.05, 3.63) is 16.4 Å². The zero-order valence-electron chi connectivity index (χ0n) is 7.96.